The highest BCUT2D eigenvalue weighted by Crippen LogP contribution is 2.09. The highest BCUT2D eigenvalue weighted by atomic mass is 16.2. The third kappa shape index (κ3) is 3.63. The van der Waals surface area contributed by atoms with Gasteiger partial charge in [0.15, 0.2) is 0 Å². The molecule has 0 aromatic heterocycles. The van der Waals surface area contributed by atoms with E-state index in [0.717, 1.165) is 6.42 Å². The van der Waals surface area contributed by atoms with Crippen molar-refractivity contribution in [2.45, 2.75) is 32.7 Å². The first-order valence-electron chi connectivity index (χ1n) is 4.67. The predicted octanol–water partition coefficient (Wildman–Crippen LogP) is 0.775. The first kappa shape index (κ1) is 12.2. The minimum absolute atomic E-state index is 0.0581. The third-order valence-electron chi connectivity index (χ3n) is 2.24. The van der Waals surface area contributed by atoms with Crippen LogP contribution in [-0.4, -0.2) is 36.6 Å². The summed E-state index contributed by atoms with van der Waals surface area (Å²) in [6.45, 7) is 7.08. The maximum absolute atomic E-state index is 11.5. The number of hydrogen-bond donors (Lipinski definition) is 2. The van der Waals surface area contributed by atoms with Crippen LogP contribution in [0.1, 0.15) is 27.2 Å². The van der Waals surface area contributed by atoms with Gasteiger partial charge in [0, 0.05) is 20.1 Å². The Labute approximate surface area is 80.5 Å². The summed E-state index contributed by atoms with van der Waals surface area (Å²) in [5.41, 5.74) is 5.27. The van der Waals surface area contributed by atoms with Gasteiger partial charge in [-0.15, -0.1) is 0 Å². The molecule has 78 valence electrons. The molecule has 0 saturated heterocycles. The van der Waals surface area contributed by atoms with Gasteiger partial charge in [0.05, 0.1) is 5.54 Å². The summed E-state index contributed by atoms with van der Waals surface area (Å²) in [5, 5.41) is 2.80. The number of likely N-dealkylation sites (N-methyl/N-ethyl adjacent to an activating group) is 1. The van der Waals surface area contributed by atoms with Crippen LogP contribution in [0.3, 0.4) is 0 Å². The molecule has 0 saturated carbocycles. The van der Waals surface area contributed by atoms with Crippen molar-refractivity contribution in [1.29, 1.82) is 0 Å². The summed E-state index contributed by atoms with van der Waals surface area (Å²) in [6, 6.07) is -0.0581. The summed E-state index contributed by atoms with van der Waals surface area (Å²) < 4.78 is 0. The Hall–Kier alpha value is -0.770. The SMILES string of the molecule is CCCNC(=O)N(C)C(C)(C)CN. The van der Waals surface area contributed by atoms with E-state index in [-0.39, 0.29) is 11.6 Å². The fourth-order valence-electron chi connectivity index (χ4n) is 0.762. The zero-order chi connectivity index (χ0) is 10.5. The van der Waals surface area contributed by atoms with Gasteiger partial charge in [0.2, 0.25) is 0 Å². The summed E-state index contributed by atoms with van der Waals surface area (Å²) in [5.74, 6) is 0. The molecule has 3 N–H and O–H groups in total. The number of urea groups is 1. The van der Waals surface area contributed by atoms with E-state index in [1.54, 1.807) is 11.9 Å². The highest BCUT2D eigenvalue weighted by Gasteiger charge is 2.25. The number of carbonyl (C=O) groups is 1. The molecule has 0 aliphatic rings. The fourth-order valence-corrected chi connectivity index (χ4v) is 0.762. The first-order valence-corrected chi connectivity index (χ1v) is 4.67. The van der Waals surface area contributed by atoms with Crippen molar-refractivity contribution in [2.75, 3.05) is 20.1 Å². The van der Waals surface area contributed by atoms with Crippen molar-refractivity contribution in [1.82, 2.24) is 10.2 Å². The Bertz CT molecular complexity index is 168. The monoisotopic (exact) mass is 187 g/mol. The Morgan fingerprint density at radius 1 is 1.54 bits per heavy atom. The predicted molar refractivity (Wildman–Crippen MR) is 54.6 cm³/mol. The van der Waals surface area contributed by atoms with Crippen LogP contribution in [0.5, 0.6) is 0 Å². The molecule has 2 amide bonds. The van der Waals surface area contributed by atoms with E-state index in [1.165, 1.54) is 0 Å². The normalized spacial score (nSPS) is 11.2. The summed E-state index contributed by atoms with van der Waals surface area (Å²) in [7, 11) is 1.76. The summed E-state index contributed by atoms with van der Waals surface area (Å²) in [6.07, 6.45) is 0.947. The zero-order valence-corrected chi connectivity index (χ0v) is 9.05. The number of amides is 2. The van der Waals surface area contributed by atoms with Crippen LogP contribution in [0.4, 0.5) is 4.79 Å². The number of carbonyl (C=O) groups excluding carboxylic acids is 1. The van der Waals surface area contributed by atoms with Gasteiger partial charge in [-0.05, 0) is 20.3 Å². The van der Waals surface area contributed by atoms with E-state index in [0.29, 0.717) is 13.1 Å². The lowest BCUT2D eigenvalue weighted by molar-refractivity contribution is 0.160. The maximum atomic E-state index is 11.5. The van der Waals surface area contributed by atoms with E-state index < -0.39 is 0 Å². The molecule has 0 fully saturated rings. The molecule has 0 bridgehead atoms. The first-order chi connectivity index (χ1) is 5.95. The van der Waals surface area contributed by atoms with Gasteiger partial charge in [-0.2, -0.15) is 0 Å². The van der Waals surface area contributed by atoms with Crippen LogP contribution in [0.2, 0.25) is 0 Å². The lowest BCUT2D eigenvalue weighted by atomic mass is 10.1. The molecule has 0 aliphatic heterocycles. The Kier molecular flexibility index (Phi) is 4.77. The van der Waals surface area contributed by atoms with Crippen LogP contribution in [0, 0.1) is 0 Å². The summed E-state index contributed by atoms with van der Waals surface area (Å²) >= 11 is 0. The van der Waals surface area contributed by atoms with Gasteiger partial charge in [0.1, 0.15) is 0 Å². The van der Waals surface area contributed by atoms with Crippen molar-refractivity contribution < 1.29 is 4.79 Å². The van der Waals surface area contributed by atoms with Crippen LogP contribution in [-0.2, 0) is 0 Å². The smallest absolute Gasteiger partial charge is 0.317 e. The van der Waals surface area contributed by atoms with Crippen molar-refractivity contribution in [2.24, 2.45) is 5.73 Å². The lowest BCUT2D eigenvalue weighted by Gasteiger charge is -2.34. The van der Waals surface area contributed by atoms with Crippen LogP contribution < -0.4 is 11.1 Å². The van der Waals surface area contributed by atoms with Gasteiger partial charge >= 0.3 is 6.03 Å². The van der Waals surface area contributed by atoms with Gasteiger partial charge < -0.3 is 16.0 Å². The average molecular weight is 187 g/mol. The minimum atomic E-state index is -0.280. The van der Waals surface area contributed by atoms with Crippen LogP contribution >= 0.6 is 0 Å². The quantitative estimate of drug-likeness (QED) is 0.683. The molecule has 4 heteroatoms. The van der Waals surface area contributed by atoms with Crippen molar-refractivity contribution >= 4 is 6.03 Å². The molecular weight excluding hydrogens is 166 g/mol. The molecule has 0 aromatic carbocycles. The largest absolute Gasteiger partial charge is 0.338 e. The van der Waals surface area contributed by atoms with E-state index in [1.807, 2.05) is 20.8 Å². The Morgan fingerprint density at radius 3 is 2.46 bits per heavy atom. The van der Waals surface area contributed by atoms with Gasteiger partial charge in [-0.25, -0.2) is 4.79 Å². The van der Waals surface area contributed by atoms with E-state index in [9.17, 15) is 4.79 Å². The van der Waals surface area contributed by atoms with E-state index in [2.05, 4.69) is 5.32 Å². The van der Waals surface area contributed by atoms with Crippen molar-refractivity contribution in [3.63, 3.8) is 0 Å². The molecule has 0 atom stereocenters. The molecule has 0 rings (SSSR count). The van der Waals surface area contributed by atoms with Crippen LogP contribution in [0.25, 0.3) is 0 Å². The fraction of sp³-hybridized carbons (Fsp3) is 0.889. The van der Waals surface area contributed by atoms with E-state index >= 15 is 0 Å². The van der Waals surface area contributed by atoms with Crippen molar-refractivity contribution in [3.05, 3.63) is 0 Å². The van der Waals surface area contributed by atoms with Crippen molar-refractivity contribution in [3.8, 4) is 0 Å². The highest BCUT2D eigenvalue weighted by molar-refractivity contribution is 5.74. The second-order valence-electron chi connectivity index (χ2n) is 3.81. The molecule has 0 aliphatic carbocycles. The minimum Gasteiger partial charge on any atom is -0.338 e. The molecule has 0 unspecified atom stereocenters. The summed E-state index contributed by atoms with van der Waals surface area (Å²) in [4.78, 5) is 13.1. The molecule has 13 heavy (non-hydrogen) atoms. The average Bonchev–Trinajstić information content (AvgIpc) is 2.12. The number of nitrogens with zero attached hydrogens (tertiary/aromatic N) is 1. The molecule has 4 nitrogen and oxygen atoms in total. The number of hydrogen-bond acceptors (Lipinski definition) is 2. The maximum Gasteiger partial charge on any atom is 0.317 e. The molecular formula is C9H21N3O. The zero-order valence-electron chi connectivity index (χ0n) is 9.05. The van der Waals surface area contributed by atoms with E-state index in [4.69, 9.17) is 5.73 Å². The number of rotatable bonds is 4. The lowest BCUT2D eigenvalue weighted by Crippen LogP contribution is -2.53. The second kappa shape index (κ2) is 5.07. The Morgan fingerprint density at radius 2 is 2.08 bits per heavy atom. The molecule has 0 aromatic rings. The standard InChI is InChI=1S/C9H21N3O/c1-5-6-11-8(13)12(4)9(2,3)7-10/h5-7,10H2,1-4H3,(H,11,13). The number of nitrogens with two attached hydrogens (primary N) is 1. The van der Waals surface area contributed by atoms with Gasteiger partial charge in [0.25, 0.3) is 0 Å². The molecule has 0 spiro atoms. The molecule has 0 radical (unpaired) electrons. The topological polar surface area (TPSA) is 58.4 Å². The van der Waals surface area contributed by atoms with Gasteiger partial charge in [-0.1, -0.05) is 6.92 Å². The van der Waals surface area contributed by atoms with Crippen LogP contribution in [0.15, 0.2) is 0 Å². The third-order valence-corrected chi connectivity index (χ3v) is 2.24. The second-order valence-corrected chi connectivity index (χ2v) is 3.81. The van der Waals surface area contributed by atoms with Gasteiger partial charge in [-0.3, -0.25) is 0 Å². The Balaban J connectivity index is 4.09. The number of nitrogens with one attached hydrogen (secondary N) is 1. The molecule has 0 heterocycles.